The second-order valence-corrected chi connectivity index (χ2v) is 0.407. The quantitative estimate of drug-likeness (QED) is 0.267. The van der Waals surface area contributed by atoms with Crippen LogP contribution in [0.3, 0.4) is 0 Å². The standard InChI is InChI=1S/C2HO3.Al.Ti.3H/c3-1-2(4)5;;;;;/h(H,4,5);;;;;/q-1;;;;;. The summed E-state index contributed by atoms with van der Waals surface area (Å²) in [5.41, 5.74) is 0. The predicted molar refractivity (Wildman–Crippen MR) is 23.3 cm³/mol. The minimum absolute atomic E-state index is 0. The second-order valence-electron chi connectivity index (χ2n) is 0.407. The summed E-state index contributed by atoms with van der Waals surface area (Å²) in [6.07, 6.45) is 0.694. The van der Waals surface area contributed by atoms with Gasteiger partial charge in [0.2, 0.25) is 0 Å². The molecular weight excluding hydrogens is 147 g/mol. The Hall–Kier alpha value is 0.387. The van der Waals surface area contributed by atoms with Gasteiger partial charge in [0.25, 0.3) is 0 Å². The summed E-state index contributed by atoms with van der Waals surface area (Å²) in [6.45, 7) is 0. The molecule has 0 spiro atoms. The van der Waals surface area contributed by atoms with Gasteiger partial charge in [-0.3, -0.25) is 4.79 Å². The minimum Gasteiger partial charge on any atom is -0.531 e. The molecule has 0 heterocycles. The molecule has 38 valence electrons. The first kappa shape index (κ1) is 15.7. The molecule has 0 unspecified atom stereocenters. The molecule has 0 rings (SSSR count). The Bertz CT molecular complexity index is 64.0. The van der Waals surface area contributed by atoms with Crippen molar-refractivity contribution >= 4 is 29.6 Å². The van der Waals surface area contributed by atoms with Crippen LogP contribution in [0, 0.1) is 0 Å². The van der Waals surface area contributed by atoms with Crippen molar-refractivity contribution in [3.63, 3.8) is 0 Å². The van der Waals surface area contributed by atoms with E-state index in [1.54, 1.807) is 0 Å². The Labute approximate surface area is 66.1 Å². The molecule has 1 N–H and O–H groups in total. The molecule has 0 atom stereocenters. The van der Waals surface area contributed by atoms with E-state index in [2.05, 4.69) is 0 Å². The third-order valence-electron chi connectivity index (χ3n) is 0.0873. The van der Waals surface area contributed by atoms with E-state index >= 15 is 0 Å². The molecule has 0 aromatic carbocycles. The van der Waals surface area contributed by atoms with Crippen molar-refractivity contribution in [3.05, 3.63) is 0 Å². The van der Waals surface area contributed by atoms with Gasteiger partial charge in [-0.25, -0.2) is 0 Å². The number of carbonyl (C=O) groups excluding carboxylic acids is 1. The Kier molecular flexibility index (Phi) is 21.5. The van der Waals surface area contributed by atoms with Crippen molar-refractivity contribution < 1.29 is 36.4 Å². The smallest absolute Gasteiger partial charge is 0.187 e. The van der Waals surface area contributed by atoms with Gasteiger partial charge >= 0.3 is 0 Å². The fourth-order valence-corrected chi connectivity index (χ4v) is 0. The van der Waals surface area contributed by atoms with E-state index in [-0.39, 0.29) is 39.1 Å². The molecule has 0 aliphatic carbocycles. The van der Waals surface area contributed by atoms with E-state index in [1.807, 2.05) is 0 Å². The van der Waals surface area contributed by atoms with Gasteiger partial charge in [0.15, 0.2) is 23.3 Å². The predicted octanol–water partition coefficient (Wildman–Crippen LogP) is -2.01. The molecule has 5 heteroatoms. The first-order valence-electron chi connectivity index (χ1n) is 0.882. The van der Waals surface area contributed by atoms with Crippen molar-refractivity contribution in [2.45, 2.75) is 0 Å². The van der Waals surface area contributed by atoms with Crippen LogP contribution in [-0.4, -0.2) is 34.7 Å². The summed E-state index contributed by atoms with van der Waals surface area (Å²) in [5.74, 6) is -1.55. The summed E-state index contributed by atoms with van der Waals surface area (Å²) in [5, 5.41) is 7.30. The molecule has 0 aromatic heterocycles. The average Bonchev–Trinajstić information content (AvgIpc) is 1.38. The number of hydrogen-bond donors (Lipinski definition) is 1. The Morgan fingerprint density at radius 3 is 1.71 bits per heavy atom. The third kappa shape index (κ3) is 21.6. The minimum atomic E-state index is -1.55. The van der Waals surface area contributed by atoms with E-state index in [1.165, 1.54) is 0 Å². The number of rotatable bonds is 1. The summed E-state index contributed by atoms with van der Waals surface area (Å²) in [4.78, 5) is 17.7. The summed E-state index contributed by atoms with van der Waals surface area (Å²) in [7, 11) is 0. The molecule has 0 aliphatic heterocycles. The SMILES string of the molecule is O=[C-]C(=O)O.[AlH3].[Ti]. The van der Waals surface area contributed by atoms with Gasteiger partial charge in [-0.1, -0.05) is 0 Å². The first-order valence-corrected chi connectivity index (χ1v) is 0.882. The average molecular weight is 151 g/mol. The normalized spacial score (nSPS) is 4.57. The fraction of sp³-hybridized carbons (Fsp3) is 0. The van der Waals surface area contributed by atoms with Crippen molar-refractivity contribution in [1.82, 2.24) is 0 Å². The Balaban J connectivity index is -0.0000000800. The van der Waals surface area contributed by atoms with E-state index in [4.69, 9.17) is 14.7 Å². The van der Waals surface area contributed by atoms with Crippen LogP contribution in [-0.2, 0) is 31.3 Å². The topological polar surface area (TPSA) is 54.4 Å². The summed E-state index contributed by atoms with van der Waals surface area (Å²) in [6, 6.07) is 0. The second kappa shape index (κ2) is 9.63. The summed E-state index contributed by atoms with van der Waals surface area (Å²) < 4.78 is 0. The van der Waals surface area contributed by atoms with Gasteiger partial charge in [-0.05, 0) is 0 Å². The van der Waals surface area contributed by atoms with Gasteiger partial charge in [0, 0.05) is 21.7 Å². The molecule has 0 bridgehead atoms. The fourth-order valence-electron chi connectivity index (χ4n) is 0. The van der Waals surface area contributed by atoms with E-state index in [0.29, 0.717) is 6.29 Å². The molecule has 0 saturated heterocycles. The van der Waals surface area contributed by atoms with E-state index < -0.39 is 5.97 Å². The van der Waals surface area contributed by atoms with Crippen molar-refractivity contribution in [2.24, 2.45) is 0 Å². The van der Waals surface area contributed by atoms with Gasteiger partial charge in [0.1, 0.15) is 0 Å². The number of carboxylic acids is 1. The van der Waals surface area contributed by atoms with E-state index in [0.717, 1.165) is 0 Å². The molecule has 0 amide bonds. The molecular formula is C2H4AlO3Ti-. The number of hydrogen-bond acceptors (Lipinski definition) is 2. The molecule has 7 heavy (non-hydrogen) atoms. The zero-order chi connectivity index (χ0) is 4.28. The van der Waals surface area contributed by atoms with Crippen molar-refractivity contribution in [1.29, 1.82) is 0 Å². The van der Waals surface area contributed by atoms with Gasteiger partial charge in [0.05, 0.1) is 0 Å². The van der Waals surface area contributed by atoms with Crippen molar-refractivity contribution in [3.8, 4) is 0 Å². The molecule has 0 saturated carbocycles. The maximum Gasteiger partial charge on any atom is 0.187 e. The van der Waals surface area contributed by atoms with Gasteiger partial charge < -0.3 is 9.90 Å². The van der Waals surface area contributed by atoms with Crippen LogP contribution < -0.4 is 0 Å². The Morgan fingerprint density at radius 2 is 1.71 bits per heavy atom. The van der Waals surface area contributed by atoms with Gasteiger partial charge in [-0.2, -0.15) is 6.29 Å². The van der Waals surface area contributed by atoms with Crippen LogP contribution in [0.15, 0.2) is 0 Å². The van der Waals surface area contributed by atoms with Crippen molar-refractivity contribution in [2.75, 3.05) is 0 Å². The number of carbonyl (C=O) groups is 1. The van der Waals surface area contributed by atoms with Crippen LogP contribution in [0.5, 0.6) is 0 Å². The zero-order valence-electron chi connectivity index (χ0n) is 2.76. The molecule has 0 fully saturated rings. The van der Waals surface area contributed by atoms with Crippen LogP contribution in [0.4, 0.5) is 0 Å². The number of aliphatic carboxylic acids is 1. The first-order chi connectivity index (χ1) is 2.27. The van der Waals surface area contributed by atoms with Gasteiger partial charge in [-0.15, -0.1) is 0 Å². The molecule has 0 radical (unpaired) electrons. The third-order valence-corrected chi connectivity index (χ3v) is 0.0873. The maximum atomic E-state index is 8.94. The Morgan fingerprint density at radius 1 is 1.57 bits per heavy atom. The van der Waals surface area contributed by atoms with Crippen LogP contribution in [0.1, 0.15) is 0 Å². The molecule has 0 aromatic rings. The van der Waals surface area contributed by atoms with E-state index in [9.17, 15) is 0 Å². The van der Waals surface area contributed by atoms with Crippen LogP contribution >= 0.6 is 0 Å². The maximum absolute atomic E-state index is 8.94. The summed E-state index contributed by atoms with van der Waals surface area (Å²) >= 11 is 0. The monoisotopic (exact) mass is 151 g/mol. The van der Waals surface area contributed by atoms with Crippen LogP contribution in [0.25, 0.3) is 0 Å². The number of carboxylic acid groups (broad SMARTS) is 1. The van der Waals surface area contributed by atoms with Crippen LogP contribution in [0.2, 0.25) is 0 Å². The largest absolute Gasteiger partial charge is 0.531 e. The molecule has 3 nitrogen and oxygen atoms in total. The molecule has 0 aliphatic rings. The zero-order valence-corrected chi connectivity index (χ0v) is 4.33.